The molecule has 1 amide bonds. The third-order valence-electron chi connectivity index (χ3n) is 3.02. The van der Waals surface area contributed by atoms with Crippen molar-refractivity contribution in [3.05, 3.63) is 29.6 Å². The first-order valence-corrected chi connectivity index (χ1v) is 5.79. The van der Waals surface area contributed by atoms with Crippen molar-refractivity contribution in [2.24, 2.45) is 0 Å². The molecule has 0 aliphatic carbocycles. The Labute approximate surface area is 105 Å². The number of amides is 1. The van der Waals surface area contributed by atoms with Gasteiger partial charge in [-0.2, -0.15) is 0 Å². The summed E-state index contributed by atoms with van der Waals surface area (Å²) in [7, 11) is 0. The number of aromatic nitrogens is 1. The maximum Gasteiger partial charge on any atom is 0.354 e. The summed E-state index contributed by atoms with van der Waals surface area (Å²) >= 11 is 0. The second kappa shape index (κ2) is 5.14. The smallest absolute Gasteiger partial charge is 0.354 e. The van der Waals surface area contributed by atoms with E-state index in [1.54, 1.807) is 12.1 Å². The van der Waals surface area contributed by atoms with Gasteiger partial charge in [0.1, 0.15) is 5.69 Å². The molecule has 1 aliphatic heterocycles. The molecule has 2 N–H and O–H groups in total. The quantitative estimate of drug-likeness (QED) is 0.794. The van der Waals surface area contributed by atoms with E-state index in [2.05, 4.69) is 10.3 Å². The van der Waals surface area contributed by atoms with Crippen LogP contribution in [0.15, 0.2) is 18.2 Å². The first-order chi connectivity index (χ1) is 8.58. The fourth-order valence-corrected chi connectivity index (χ4v) is 1.94. The number of rotatable bonds is 3. The van der Waals surface area contributed by atoms with Crippen LogP contribution < -0.4 is 5.32 Å². The average Bonchev–Trinajstić information content (AvgIpc) is 2.35. The minimum atomic E-state index is -1.04. The molecule has 0 aromatic carbocycles. The Morgan fingerprint density at radius 2 is 2.39 bits per heavy atom. The summed E-state index contributed by atoms with van der Waals surface area (Å²) in [4.78, 5) is 28.4. The number of carbonyl (C=O) groups is 2. The minimum Gasteiger partial charge on any atom is -0.477 e. The molecule has 0 saturated carbocycles. The van der Waals surface area contributed by atoms with E-state index in [-0.39, 0.29) is 17.6 Å². The van der Waals surface area contributed by atoms with Gasteiger partial charge in [-0.1, -0.05) is 6.07 Å². The number of carbonyl (C=O) groups excluding carboxylic acids is 1. The molecule has 0 radical (unpaired) electrons. The van der Waals surface area contributed by atoms with Crippen LogP contribution in [0.25, 0.3) is 0 Å². The van der Waals surface area contributed by atoms with E-state index in [9.17, 15) is 9.59 Å². The van der Waals surface area contributed by atoms with Crippen molar-refractivity contribution in [3.8, 4) is 0 Å². The van der Waals surface area contributed by atoms with Crippen LogP contribution in [0.3, 0.4) is 0 Å². The molecule has 0 bridgehead atoms. The van der Waals surface area contributed by atoms with Gasteiger partial charge in [0.15, 0.2) is 0 Å². The number of hydrogen-bond donors (Lipinski definition) is 2. The van der Waals surface area contributed by atoms with Crippen LogP contribution in [0.5, 0.6) is 0 Å². The van der Waals surface area contributed by atoms with Crippen LogP contribution in [0.4, 0.5) is 0 Å². The first-order valence-electron chi connectivity index (χ1n) is 5.79. The van der Waals surface area contributed by atoms with Gasteiger partial charge in [-0.15, -0.1) is 0 Å². The summed E-state index contributed by atoms with van der Waals surface area (Å²) in [6.45, 7) is 3.67. The molecule has 6 nitrogen and oxygen atoms in total. The van der Waals surface area contributed by atoms with Crippen LogP contribution in [0.2, 0.25) is 0 Å². The lowest BCUT2D eigenvalue weighted by Gasteiger charge is -2.32. The molecule has 2 heterocycles. The highest BCUT2D eigenvalue weighted by Gasteiger charge is 2.25. The molecule has 1 saturated heterocycles. The average molecular weight is 249 g/mol. The topological polar surface area (TPSA) is 82.5 Å². The number of hydrogen-bond acceptors (Lipinski definition) is 4. The summed E-state index contributed by atoms with van der Waals surface area (Å²) in [6.07, 6.45) is 0. The van der Waals surface area contributed by atoms with Crippen molar-refractivity contribution in [2.75, 3.05) is 13.1 Å². The summed E-state index contributed by atoms with van der Waals surface area (Å²) < 4.78 is 0. The van der Waals surface area contributed by atoms with Crippen LogP contribution >= 0.6 is 0 Å². The highest BCUT2D eigenvalue weighted by molar-refractivity contribution is 5.85. The molecule has 1 aromatic heterocycles. The number of pyridine rings is 1. The molecule has 1 unspecified atom stereocenters. The lowest BCUT2D eigenvalue weighted by atomic mass is 10.2. The number of piperazine rings is 1. The zero-order chi connectivity index (χ0) is 13.1. The van der Waals surface area contributed by atoms with Gasteiger partial charge in [-0.25, -0.2) is 9.78 Å². The molecule has 2 rings (SSSR count). The van der Waals surface area contributed by atoms with Gasteiger partial charge in [0, 0.05) is 19.6 Å². The molecule has 1 aliphatic rings. The van der Waals surface area contributed by atoms with Crippen molar-refractivity contribution in [1.29, 1.82) is 0 Å². The summed E-state index contributed by atoms with van der Waals surface area (Å²) in [5, 5.41) is 11.7. The lowest BCUT2D eigenvalue weighted by Crippen LogP contribution is -2.53. The Kier molecular flexibility index (Phi) is 3.57. The van der Waals surface area contributed by atoms with Crippen molar-refractivity contribution >= 4 is 11.9 Å². The molecule has 18 heavy (non-hydrogen) atoms. The maximum atomic E-state index is 11.5. The second-order valence-corrected chi connectivity index (χ2v) is 4.26. The zero-order valence-electron chi connectivity index (χ0n) is 10.1. The molecule has 1 atom stereocenters. The third kappa shape index (κ3) is 2.65. The Bertz CT molecular complexity index is 475. The van der Waals surface area contributed by atoms with Crippen LogP contribution in [0.1, 0.15) is 23.1 Å². The monoisotopic (exact) mass is 249 g/mol. The zero-order valence-corrected chi connectivity index (χ0v) is 10.1. The van der Waals surface area contributed by atoms with Gasteiger partial charge < -0.3 is 10.4 Å². The van der Waals surface area contributed by atoms with Crippen molar-refractivity contribution in [2.45, 2.75) is 19.5 Å². The van der Waals surface area contributed by atoms with E-state index < -0.39 is 5.97 Å². The highest BCUT2D eigenvalue weighted by atomic mass is 16.4. The minimum absolute atomic E-state index is 0.00404. The SMILES string of the molecule is CC1C(=O)NCCN1Cc1cccc(C(=O)O)n1. The van der Waals surface area contributed by atoms with E-state index in [1.165, 1.54) is 6.07 Å². The Balaban J connectivity index is 2.11. The number of nitrogens with zero attached hydrogens (tertiary/aromatic N) is 2. The summed E-state index contributed by atoms with van der Waals surface area (Å²) in [6, 6.07) is 4.68. The van der Waals surface area contributed by atoms with E-state index in [4.69, 9.17) is 5.11 Å². The van der Waals surface area contributed by atoms with Crippen molar-refractivity contribution < 1.29 is 14.7 Å². The number of nitrogens with one attached hydrogen (secondary N) is 1. The molecule has 0 spiro atoms. The van der Waals surface area contributed by atoms with Gasteiger partial charge in [-0.3, -0.25) is 9.69 Å². The number of carboxylic acids is 1. The largest absolute Gasteiger partial charge is 0.477 e. The van der Waals surface area contributed by atoms with Crippen LogP contribution in [0, 0.1) is 0 Å². The third-order valence-corrected chi connectivity index (χ3v) is 3.02. The number of aromatic carboxylic acids is 1. The normalized spacial score (nSPS) is 20.5. The first kappa shape index (κ1) is 12.5. The Morgan fingerprint density at radius 1 is 1.61 bits per heavy atom. The van der Waals surface area contributed by atoms with E-state index >= 15 is 0 Å². The molecule has 6 heteroatoms. The van der Waals surface area contributed by atoms with E-state index in [0.29, 0.717) is 18.8 Å². The Hall–Kier alpha value is -1.95. The fraction of sp³-hybridized carbons (Fsp3) is 0.417. The summed E-state index contributed by atoms with van der Waals surface area (Å²) in [5.41, 5.74) is 0.693. The standard InChI is InChI=1S/C12H15N3O3/c1-8-11(16)13-5-6-15(8)7-9-3-2-4-10(14-9)12(17)18/h2-4,8H,5-7H2,1H3,(H,13,16)(H,17,18). The lowest BCUT2D eigenvalue weighted by molar-refractivity contribution is -0.128. The maximum absolute atomic E-state index is 11.5. The molecular weight excluding hydrogens is 234 g/mol. The predicted octanol–water partition coefficient (Wildman–Crippen LogP) is 0.100. The van der Waals surface area contributed by atoms with Crippen molar-refractivity contribution in [3.63, 3.8) is 0 Å². The molecule has 96 valence electrons. The summed E-state index contributed by atoms with van der Waals surface area (Å²) in [5.74, 6) is -1.04. The van der Waals surface area contributed by atoms with Crippen molar-refractivity contribution in [1.82, 2.24) is 15.2 Å². The van der Waals surface area contributed by atoms with Crippen LogP contribution in [-0.4, -0.2) is 46.0 Å². The van der Waals surface area contributed by atoms with Gasteiger partial charge in [0.05, 0.1) is 11.7 Å². The molecule has 1 fully saturated rings. The molecule has 1 aromatic rings. The van der Waals surface area contributed by atoms with Gasteiger partial charge in [0.25, 0.3) is 0 Å². The Morgan fingerprint density at radius 3 is 3.11 bits per heavy atom. The number of carboxylic acid groups (broad SMARTS) is 1. The van der Waals surface area contributed by atoms with Gasteiger partial charge in [0.2, 0.25) is 5.91 Å². The fourth-order valence-electron chi connectivity index (χ4n) is 1.94. The van der Waals surface area contributed by atoms with Gasteiger partial charge in [-0.05, 0) is 19.1 Å². The van der Waals surface area contributed by atoms with Gasteiger partial charge >= 0.3 is 5.97 Å². The highest BCUT2D eigenvalue weighted by Crippen LogP contribution is 2.09. The van der Waals surface area contributed by atoms with E-state index in [1.807, 2.05) is 11.8 Å². The van der Waals surface area contributed by atoms with E-state index in [0.717, 1.165) is 6.54 Å². The predicted molar refractivity (Wildman–Crippen MR) is 64.1 cm³/mol. The second-order valence-electron chi connectivity index (χ2n) is 4.26. The van der Waals surface area contributed by atoms with Crippen LogP contribution in [-0.2, 0) is 11.3 Å². The molecular formula is C12H15N3O3.